The first kappa shape index (κ1) is 12.4. The molecule has 0 aromatic heterocycles. The summed E-state index contributed by atoms with van der Waals surface area (Å²) >= 11 is 0. The lowest BCUT2D eigenvalue weighted by Crippen LogP contribution is -2.23. The maximum atomic E-state index is 11.7. The van der Waals surface area contributed by atoms with E-state index in [1.54, 1.807) is 13.0 Å². The molecule has 1 rings (SSSR count). The van der Waals surface area contributed by atoms with Gasteiger partial charge in [-0.15, -0.1) is 0 Å². The average molecular weight is 220 g/mol. The predicted octanol–water partition coefficient (Wildman–Crippen LogP) is 2.23. The molecule has 3 heteroatoms. The van der Waals surface area contributed by atoms with Gasteiger partial charge < -0.3 is 4.74 Å². The van der Waals surface area contributed by atoms with Crippen molar-refractivity contribution in [3.8, 4) is 0 Å². The largest absolute Gasteiger partial charge is 0.465 e. The van der Waals surface area contributed by atoms with Crippen LogP contribution in [0.2, 0.25) is 0 Å². The topological polar surface area (TPSA) is 43.4 Å². The van der Waals surface area contributed by atoms with Crippen LogP contribution in [0.3, 0.4) is 0 Å². The van der Waals surface area contributed by atoms with E-state index in [9.17, 15) is 9.59 Å². The van der Waals surface area contributed by atoms with E-state index in [1.165, 1.54) is 6.92 Å². The molecule has 86 valence electrons. The number of benzene rings is 1. The Morgan fingerprint density at radius 2 is 1.94 bits per heavy atom. The van der Waals surface area contributed by atoms with Crippen LogP contribution in [-0.4, -0.2) is 18.4 Å². The lowest BCUT2D eigenvalue weighted by Gasteiger charge is -2.14. The van der Waals surface area contributed by atoms with Crippen LogP contribution in [0.15, 0.2) is 24.3 Å². The van der Waals surface area contributed by atoms with Gasteiger partial charge in [-0.05, 0) is 31.9 Å². The fourth-order valence-electron chi connectivity index (χ4n) is 1.65. The lowest BCUT2D eigenvalue weighted by atomic mass is 9.92. The second-order valence-corrected chi connectivity index (χ2v) is 3.65. The molecule has 1 aromatic carbocycles. The third-order valence-electron chi connectivity index (χ3n) is 2.43. The van der Waals surface area contributed by atoms with Crippen LogP contribution in [0.25, 0.3) is 0 Å². The highest BCUT2D eigenvalue weighted by Crippen LogP contribution is 2.22. The third kappa shape index (κ3) is 2.69. The molecule has 1 atom stereocenters. The molecule has 0 saturated carbocycles. The Morgan fingerprint density at radius 1 is 1.31 bits per heavy atom. The van der Waals surface area contributed by atoms with E-state index in [2.05, 4.69) is 0 Å². The lowest BCUT2D eigenvalue weighted by molar-refractivity contribution is -0.147. The molecule has 0 fully saturated rings. The highest BCUT2D eigenvalue weighted by atomic mass is 16.5. The summed E-state index contributed by atoms with van der Waals surface area (Å²) in [4.78, 5) is 23.2. The number of rotatable bonds is 4. The van der Waals surface area contributed by atoms with Gasteiger partial charge in [-0.25, -0.2) is 0 Å². The zero-order chi connectivity index (χ0) is 12.1. The second kappa shape index (κ2) is 5.45. The fraction of sp³-hybridized carbons (Fsp3) is 0.385. The molecular formula is C13H16O3. The predicted molar refractivity (Wildman–Crippen MR) is 61.2 cm³/mol. The molecule has 0 heterocycles. The van der Waals surface area contributed by atoms with Gasteiger partial charge in [0.25, 0.3) is 0 Å². The van der Waals surface area contributed by atoms with E-state index in [0.29, 0.717) is 0 Å². The highest BCUT2D eigenvalue weighted by Gasteiger charge is 2.27. The second-order valence-electron chi connectivity index (χ2n) is 3.65. The molecule has 0 bridgehead atoms. The summed E-state index contributed by atoms with van der Waals surface area (Å²) in [6.07, 6.45) is 0. The van der Waals surface area contributed by atoms with E-state index in [4.69, 9.17) is 4.74 Å². The zero-order valence-corrected chi connectivity index (χ0v) is 9.82. The number of hydrogen-bond acceptors (Lipinski definition) is 3. The maximum Gasteiger partial charge on any atom is 0.320 e. The standard InChI is InChI=1S/C13H16O3/c1-4-16-13(15)12(10(3)14)11-8-6-5-7-9(11)2/h5-8,12H,4H2,1-3H3. The summed E-state index contributed by atoms with van der Waals surface area (Å²) in [6.45, 7) is 5.31. The van der Waals surface area contributed by atoms with Crippen molar-refractivity contribution in [1.82, 2.24) is 0 Å². The number of ketones is 1. The Kier molecular flexibility index (Phi) is 4.23. The van der Waals surface area contributed by atoms with Gasteiger partial charge in [-0.3, -0.25) is 9.59 Å². The van der Waals surface area contributed by atoms with E-state index >= 15 is 0 Å². The molecule has 0 radical (unpaired) electrons. The molecule has 1 aromatic rings. The van der Waals surface area contributed by atoms with Gasteiger partial charge in [0.15, 0.2) is 0 Å². The van der Waals surface area contributed by atoms with Gasteiger partial charge in [-0.1, -0.05) is 24.3 Å². The molecule has 0 aliphatic carbocycles. The summed E-state index contributed by atoms with van der Waals surface area (Å²) in [5.74, 6) is -1.45. The number of Topliss-reactive ketones (excluding diaryl/α,β-unsaturated/α-hetero) is 1. The molecular weight excluding hydrogens is 204 g/mol. The van der Waals surface area contributed by atoms with Crippen molar-refractivity contribution >= 4 is 11.8 Å². The number of aryl methyl sites for hydroxylation is 1. The molecule has 0 N–H and O–H groups in total. The smallest absolute Gasteiger partial charge is 0.320 e. The summed E-state index contributed by atoms with van der Waals surface area (Å²) in [7, 11) is 0. The first-order chi connectivity index (χ1) is 7.57. The Labute approximate surface area is 95.4 Å². The van der Waals surface area contributed by atoms with E-state index in [-0.39, 0.29) is 12.4 Å². The van der Waals surface area contributed by atoms with E-state index < -0.39 is 11.9 Å². The van der Waals surface area contributed by atoms with Crippen molar-refractivity contribution in [2.75, 3.05) is 6.61 Å². The molecule has 0 aliphatic heterocycles. The number of carbonyl (C=O) groups is 2. The first-order valence-corrected chi connectivity index (χ1v) is 5.30. The van der Waals surface area contributed by atoms with Crippen LogP contribution in [-0.2, 0) is 14.3 Å². The van der Waals surface area contributed by atoms with Crippen LogP contribution in [0.1, 0.15) is 30.9 Å². The number of carbonyl (C=O) groups excluding carboxylic acids is 2. The molecule has 0 saturated heterocycles. The average Bonchev–Trinajstić information content (AvgIpc) is 2.21. The first-order valence-electron chi connectivity index (χ1n) is 5.30. The van der Waals surface area contributed by atoms with Crippen LogP contribution in [0.4, 0.5) is 0 Å². The van der Waals surface area contributed by atoms with Gasteiger partial charge in [0, 0.05) is 0 Å². The third-order valence-corrected chi connectivity index (χ3v) is 2.43. The van der Waals surface area contributed by atoms with Gasteiger partial charge in [0.2, 0.25) is 0 Å². The normalized spacial score (nSPS) is 11.9. The summed E-state index contributed by atoms with van der Waals surface area (Å²) in [5.41, 5.74) is 1.66. The highest BCUT2D eigenvalue weighted by molar-refractivity contribution is 6.03. The Balaban J connectivity index is 3.08. The van der Waals surface area contributed by atoms with Gasteiger partial charge in [-0.2, -0.15) is 0 Å². The summed E-state index contributed by atoms with van der Waals surface area (Å²) < 4.78 is 4.91. The molecule has 0 amide bonds. The molecule has 0 spiro atoms. The fourth-order valence-corrected chi connectivity index (χ4v) is 1.65. The minimum atomic E-state index is -0.791. The van der Waals surface area contributed by atoms with Crippen molar-refractivity contribution in [3.05, 3.63) is 35.4 Å². The maximum absolute atomic E-state index is 11.7. The van der Waals surface area contributed by atoms with Crippen molar-refractivity contribution in [1.29, 1.82) is 0 Å². The SMILES string of the molecule is CCOC(=O)C(C(C)=O)c1ccccc1C. The van der Waals surface area contributed by atoms with E-state index in [1.807, 2.05) is 25.1 Å². The van der Waals surface area contributed by atoms with E-state index in [0.717, 1.165) is 11.1 Å². The van der Waals surface area contributed by atoms with Crippen LogP contribution >= 0.6 is 0 Å². The van der Waals surface area contributed by atoms with Gasteiger partial charge >= 0.3 is 5.97 Å². The Morgan fingerprint density at radius 3 is 2.44 bits per heavy atom. The number of ether oxygens (including phenoxy) is 1. The van der Waals surface area contributed by atoms with Crippen molar-refractivity contribution in [2.45, 2.75) is 26.7 Å². The minimum absolute atomic E-state index is 0.187. The molecule has 1 unspecified atom stereocenters. The van der Waals surface area contributed by atoms with Crippen molar-refractivity contribution in [2.24, 2.45) is 0 Å². The van der Waals surface area contributed by atoms with Crippen LogP contribution in [0, 0.1) is 6.92 Å². The Bertz CT molecular complexity index is 396. The molecule has 3 nitrogen and oxygen atoms in total. The zero-order valence-electron chi connectivity index (χ0n) is 9.82. The van der Waals surface area contributed by atoms with Gasteiger partial charge in [0.1, 0.15) is 11.7 Å². The van der Waals surface area contributed by atoms with Crippen LogP contribution in [0.5, 0.6) is 0 Å². The number of hydrogen-bond donors (Lipinski definition) is 0. The quantitative estimate of drug-likeness (QED) is 0.577. The monoisotopic (exact) mass is 220 g/mol. The molecule has 16 heavy (non-hydrogen) atoms. The minimum Gasteiger partial charge on any atom is -0.465 e. The summed E-state index contributed by atoms with van der Waals surface area (Å²) in [5, 5.41) is 0. The Hall–Kier alpha value is -1.64. The number of esters is 1. The van der Waals surface area contributed by atoms with Crippen molar-refractivity contribution < 1.29 is 14.3 Å². The molecule has 0 aliphatic rings. The van der Waals surface area contributed by atoms with Crippen LogP contribution < -0.4 is 0 Å². The van der Waals surface area contributed by atoms with Crippen molar-refractivity contribution in [3.63, 3.8) is 0 Å². The van der Waals surface area contributed by atoms with Gasteiger partial charge in [0.05, 0.1) is 6.61 Å². The summed E-state index contributed by atoms with van der Waals surface area (Å²) in [6, 6.07) is 7.36.